The van der Waals surface area contributed by atoms with Crippen molar-refractivity contribution in [3.8, 4) is 11.3 Å². The fraction of sp³-hybridized carbons (Fsp3) is 0.200. The lowest BCUT2D eigenvalue weighted by molar-refractivity contribution is 0.210. The SMILES string of the molecule is COCCNc1ccc2ncc(-c3ccc(N)cc3)n2n1. The Morgan fingerprint density at radius 1 is 1.19 bits per heavy atom. The van der Waals surface area contributed by atoms with Crippen molar-refractivity contribution in [1.82, 2.24) is 14.6 Å². The Labute approximate surface area is 122 Å². The van der Waals surface area contributed by atoms with Crippen molar-refractivity contribution in [2.75, 3.05) is 31.3 Å². The lowest BCUT2D eigenvalue weighted by Gasteiger charge is -2.06. The van der Waals surface area contributed by atoms with Gasteiger partial charge in [-0.15, -0.1) is 5.10 Å². The molecule has 6 nitrogen and oxygen atoms in total. The number of imidazole rings is 1. The molecule has 0 spiro atoms. The maximum absolute atomic E-state index is 5.72. The van der Waals surface area contributed by atoms with Crippen LogP contribution in [0, 0.1) is 0 Å². The topological polar surface area (TPSA) is 77.5 Å². The monoisotopic (exact) mass is 283 g/mol. The van der Waals surface area contributed by atoms with Gasteiger partial charge in [0.05, 0.1) is 18.5 Å². The zero-order valence-electron chi connectivity index (χ0n) is 11.8. The first-order valence-corrected chi connectivity index (χ1v) is 6.71. The maximum atomic E-state index is 5.72. The van der Waals surface area contributed by atoms with E-state index in [2.05, 4.69) is 15.4 Å². The maximum Gasteiger partial charge on any atom is 0.154 e. The van der Waals surface area contributed by atoms with Gasteiger partial charge in [-0.2, -0.15) is 0 Å². The van der Waals surface area contributed by atoms with Gasteiger partial charge < -0.3 is 15.8 Å². The highest BCUT2D eigenvalue weighted by molar-refractivity contribution is 5.65. The molecule has 0 bridgehead atoms. The third-order valence-corrected chi connectivity index (χ3v) is 3.18. The summed E-state index contributed by atoms with van der Waals surface area (Å²) in [5.74, 6) is 0.786. The molecule has 3 rings (SSSR count). The van der Waals surface area contributed by atoms with Crippen molar-refractivity contribution in [1.29, 1.82) is 0 Å². The minimum absolute atomic E-state index is 0.633. The minimum atomic E-state index is 0.633. The molecule has 0 saturated heterocycles. The van der Waals surface area contributed by atoms with Gasteiger partial charge >= 0.3 is 0 Å². The summed E-state index contributed by atoms with van der Waals surface area (Å²) in [5, 5.41) is 7.77. The summed E-state index contributed by atoms with van der Waals surface area (Å²) < 4.78 is 6.84. The molecule has 3 aromatic rings. The van der Waals surface area contributed by atoms with E-state index >= 15 is 0 Å². The summed E-state index contributed by atoms with van der Waals surface area (Å²) in [5.41, 5.74) is 9.23. The second-order valence-corrected chi connectivity index (χ2v) is 4.67. The van der Waals surface area contributed by atoms with Crippen LogP contribution >= 0.6 is 0 Å². The van der Waals surface area contributed by atoms with Crippen LogP contribution in [0.4, 0.5) is 11.5 Å². The third-order valence-electron chi connectivity index (χ3n) is 3.18. The number of ether oxygens (including phenoxy) is 1. The van der Waals surface area contributed by atoms with E-state index in [1.807, 2.05) is 47.1 Å². The lowest BCUT2D eigenvalue weighted by Crippen LogP contribution is -2.10. The molecular formula is C15H17N5O. The number of nitrogen functional groups attached to an aromatic ring is 1. The number of nitrogens with one attached hydrogen (secondary N) is 1. The van der Waals surface area contributed by atoms with Crippen molar-refractivity contribution in [3.05, 3.63) is 42.6 Å². The van der Waals surface area contributed by atoms with Crippen LogP contribution in [0.3, 0.4) is 0 Å². The van der Waals surface area contributed by atoms with Crippen LogP contribution < -0.4 is 11.1 Å². The smallest absolute Gasteiger partial charge is 0.154 e. The summed E-state index contributed by atoms with van der Waals surface area (Å²) in [6.07, 6.45) is 1.81. The molecule has 2 heterocycles. The fourth-order valence-electron chi connectivity index (χ4n) is 2.10. The fourth-order valence-corrected chi connectivity index (χ4v) is 2.10. The highest BCUT2D eigenvalue weighted by Gasteiger charge is 2.07. The summed E-state index contributed by atoms with van der Waals surface area (Å²) in [6, 6.07) is 11.5. The quantitative estimate of drug-likeness (QED) is 0.553. The van der Waals surface area contributed by atoms with Gasteiger partial charge in [0.2, 0.25) is 0 Å². The molecular weight excluding hydrogens is 266 g/mol. The Kier molecular flexibility index (Phi) is 3.70. The van der Waals surface area contributed by atoms with Crippen molar-refractivity contribution in [3.63, 3.8) is 0 Å². The van der Waals surface area contributed by atoms with E-state index < -0.39 is 0 Å². The molecule has 0 saturated carbocycles. The molecule has 0 atom stereocenters. The number of nitrogens with zero attached hydrogens (tertiary/aromatic N) is 3. The van der Waals surface area contributed by atoms with Gasteiger partial charge in [0.25, 0.3) is 0 Å². The summed E-state index contributed by atoms with van der Waals surface area (Å²) in [4.78, 5) is 4.37. The minimum Gasteiger partial charge on any atom is -0.399 e. The van der Waals surface area contributed by atoms with E-state index in [0.29, 0.717) is 13.2 Å². The van der Waals surface area contributed by atoms with Gasteiger partial charge in [0.15, 0.2) is 5.65 Å². The van der Waals surface area contributed by atoms with Crippen LogP contribution in [0.2, 0.25) is 0 Å². The number of benzene rings is 1. The van der Waals surface area contributed by atoms with Crippen LogP contribution in [-0.4, -0.2) is 34.9 Å². The van der Waals surface area contributed by atoms with Gasteiger partial charge in [-0.25, -0.2) is 9.50 Å². The number of aromatic nitrogens is 3. The Bertz CT molecular complexity index is 735. The molecule has 2 aromatic heterocycles. The normalized spacial score (nSPS) is 10.9. The first kappa shape index (κ1) is 13.4. The number of nitrogens with two attached hydrogens (primary N) is 1. The summed E-state index contributed by atoms with van der Waals surface area (Å²) in [7, 11) is 1.67. The predicted octanol–water partition coefficient (Wildman–Crippen LogP) is 2.04. The Hall–Kier alpha value is -2.60. The van der Waals surface area contributed by atoms with E-state index in [9.17, 15) is 0 Å². The van der Waals surface area contributed by atoms with Gasteiger partial charge in [-0.1, -0.05) is 12.1 Å². The van der Waals surface area contributed by atoms with E-state index in [1.165, 1.54) is 0 Å². The second kappa shape index (κ2) is 5.80. The van der Waals surface area contributed by atoms with Crippen molar-refractivity contribution >= 4 is 17.2 Å². The Morgan fingerprint density at radius 3 is 2.76 bits per heavy atom. The summed E-state index contributed by atoms with van der Waals surface area (Å²) in [6.45, 7) is 1.34. The van der Waals surface area contributed by atoms with E-state index in [4.69, 9.17) is 10.5 Å². The van der Waals surface area contributed by atoms with Gasteiger partial charge in [0, 0.05) is 24.9 Å². The van der Waals surface area contributed by atoms with Crippen LogP contribution in [0.5, 0.6) is 0 Å². The zero-order valence-corrected chi connectivity index (χ0v) is 11.8. The average molecular weight is 283 g/mol. The second-order valence-electron chi connectivity index (χ2n) is 4.67. The third kappa shape index (κ3) is 2.80. The first-order valence-electron chi connectivity index (χ1n) is 6.71. The van der Waals surface area contributed by atoms with Gasteiger partial charge in [0.1, 0.15) is 5.82 Å². The van der Waals surface area contributed by atoms with Crippen LogP contribution in [0.15, 0.2) is 42.6 Å². The van der Waals surface area contributed by atoms with Crippen LogP contribution in [0.25, 0.3) is 16.9 Å². The molecule has 6 heteroatoms. The molecule has 0 aliphatic heterocycles. The number of anilines is 2. The van der Waals surface area contributed by atoms with Crippen LogP contribution in [0.1, 0.15) is 0 Å². The largest absolute Gasteiger partial charge is 0.399 e. The number of rotatable bonds is 5. The number of hydrogen-bond acceptors (Lipinski definition) is 5. The molecule has 0 radical (unpaired) electrons. The highest BCUT2D eigenvalue weighted by atomic mass is 16.5. The molecule has 0 unspecified atom stereocenters. The number of methoxy groups -OCH3 is 1. The zero-order chi connectivity index (χ0) is 14.7. The average Bonchev–Trinajstić information content (AvgIpc) is 2.92. The molecule has 3 N–H and O–H groups in total. The first-order chi connectivity index (χ1) is 10.3. The standard InChI is InChI=1S/C15H17N5O/c1-21-9-8-17-14-6-7-15-18-10-13(20(15)19-14)11-2-4-12(16)5-3-11/h2-7,10H,8-9,16H2,1H3,(H,17,19). The van der Waals surface area contributed by atoms with Crippen molar-refractivity contribution < 1.29 is 4.74 Å². The van der Waals surface area contributed by atoms with E-state index in [1.54, 1.807) is 7.11 Å². The summed E-state index contributed by atoms with van der Waals surface area (Å²) >= 11 is 0. The molecule has 0 aliphatic rings. The van der Waals surface area contributed by atoms with Gasteiger partial charge in [-0.3, -0.25) is 0 Å². The molecule has 1 aromatic carbocycles. The highest BCUT2D eigenvalue weighted by Crippen LogP contribution is 2.21. The molecule has 108 valence electrons. The van der Waals surface area contributed by atoms with Crippen LogP contribution in [-0.2, 0) is 4.74 Å². The number of fused-ring (bicyclic) bond motifs is 1. The number of hydrogen-bond donors (Lipinski definition) is 2. The molecule has 0 aliphatic carbocycles. The molecule has 0 amide bonds. The van der Waals surface area contributed by atoms with Gasteiger partial charge in [-0.05, 0) is 24.3 Å². The molecule has 21 heavy (non-hydrogen) atoms. The van der Waals surface area contributed by atoms with Crippen molar-refractivity contribution in [2.24, 2.45) is 0 Å². The Balaban J connectivity index is 1.95. The van der Waals surface area contributed by atoms with E-state index in [0.717, 1.165) is 28.4 Å². The van der Waals surface area contributed by atoms with Crippen molar-refractivity contribution in [2.45, 2.75) is 0 Å². The Morgan fingerprint density at radius 2 is 2.00 bits per heavy atom. The molecule has 0 fully saturated rings. The van der Waals surface area contributed by atoms with E-state index in [-0.39, 0.29) is 0 Å². The predicted molar refractivity (Wildman–Crippen MR) is 83.2 cm³/mol. The lowest BCUT2D eigenvalue weighted by atomic mass is 10.1.